The molecule has 0 aliphatic carbocycles. The number of hydrogen-bond donors (Lipinski definition) is 2. The van der Waals surface area contributed by atoms with Crippen molar-refractivity contribution in [1.82, 2.24) is 9.97 Å². The Balaban J connectivity index is 1.98. The van der Waals surface area contributed by atoms with Crippen molar-refractivity contribution in [3.05, 3.63) is 53.2 Å². The summed E-state index contributed by atoms with van der Waals surface area (Å²) in [6.07, 6.45) is 1.67. The van der Waals surface area contributed by atoms with Crippen molar-refractivity contribution in [2.75, 3.05) is 0 Å². The quantitative estimate of drug-likeness (QED) is 0.768. The number of carboxylic acid groups (broad SMARTS) is 1. The molecule has 0 fully saturated rings. The fraction of sp³-hybridized carbons (Fsp3) is 0.0667. The van der Waals surface area contributed by atoms with Gasteiger partial charge in [0.25, 0.3) is 0 Å². The molecule has 3 aromatic rings. The number of aromatic carboxylic acids is 1. The number of carbonyl (C=O) groups is 1. The van der Waals surface area contributed by atoms with Crippen molar-refractivity contribution < 1.29 is 9.90 Å². The third-order valence-corrected chi connectivity index (χ3v) is 3.96. The summed E-state index contributed by atoms with van der Waals surface area (Å²) in [7, 11) is 0. The number of benzene rings is 1. The van der Waals surface area contributed by atoms with E-state index in [1.807, 2.05) is 23.6 Å². The zero-order chi connectivity index (χ0) is 14.1. The Morgan fingerprint density at radius 2 is 2.15 bits per heavy atom. The molecule has 0 saturated heterocycles. The van der Waals surface area contributed by atoms with Crippen LogP contribution in [0, 0.1) is 6.92 Å². The lowest BCUT2D eigenvalue weighted by Crippen LogP contribution is -1.94. The standard InChI is InChI=1S/C15H12N2O2S/c1-9-4-2-3-5-11(9)14-17-13(8-20-14)10-6-12(15(18)19)16-7-10/h2-8,16H,1H3,(H,18,19). The lowest BCUT2D eigenvalue weighted by molar-refractivity contribution is 0.0691. The van der Waals surface area contributed by atoms with Gasteiger partial charge in [-0.25, -0.2) is 9.78 Å². The van der Waals surface area contributed by atoms with Crippen molar-refractivity contribution >= 4 is 17.3 Å². The van der Waals surface area contributed by atoms with E-state index in [1.54, 1.807) is 23.6 Å². The maximum atomic E-state index is 10.9. The molecule has 2 heterocycles. The Hall–Kier alpha value is -2.40. The van der Waals surface area contributed by atoms with Crippen LogP contribution >= 0.6 is 11.3 Å². The number of hydrogen-bond acceptors (Lipinski definition) is 3. The van der Waals surface area contributed by atoms with Crippen LogP contribution in [0.4, 0.5) is 0 Å². The smallest absolute Gasteiger partial charge is 0.352 e. The summed E-state index contributed by atoms with van der Waals surface area (Å²) in [5.74, 6) is -0.967. The highest BCUT2D eigenvalue weighted by atomic mass is 32.1. The van der Waals surface area contributed by atoms with E-state index in [2.05, 4.69) is 23.0 Å². The van der Waals surface area contributed by atoms with Crippen LogP contribution in [0.3, 0.4) is 0 Å². The van der Waals surface area contributed by atoms with Gasteiger partial charge in [-0.15, -0.1) is 11.3 Å². The van der Waals surface area contributed by atoms with Gasteiger partial charge in [-0.05, 0) is 18.6 Å². The van der Waals surface area contributed by atoms with Gasteiger partial charge in [0.2, 0.25) is 0 Å². The van der Waals surface area contributed by atoms with Crippen LogP contribution in [-0.2, 0) is 0 Å². The summed E-state index contributed by atoms with van der Waals surface area (Å²) in [6.45, 7) is 2.05. The minimum Gasteiger partial charge on any atom is -0.477 e. The topological polar surface area (TPSA) is 66.0 Å². The minimum atomic E-state index is -0.967. The molecule has 100 valence electrons. The van der Waals surface area contributed by atoms with Gasteiger partial charge < -0.3 is 10.1 Å². The first-order valence-electron chi connectivity index (χ1n) is 6.09. The average molecular weight is 284 g/mol. The monoisotopic (exact) mass is 284 g/mol. The largest absolute Gasteiger partial charge is 0.477 e. The van der Waals surface area contributed by atoms with Gasteiger partial charge in [0, 0.05) is 22.7 Å². The van der Waals surface area contributed by atoms with Crippen molar-refractivity contribution in [2.24, 2.45) is 0 Å². The second-order valence-electron chi connectivity index (χ2n) is 4.46. The molecule has 0 atom stereocenters. The summed E-state index contributed by atoms with van der Waals surface area (Å²) in [4.78, 5) is 18.2. The molecule has 0 unspecified atom stereocenters. The van der Waals surface area contributed by atoms with Crippen molar-refractivity contribution in [3.8, 4) is 21.8 Å². The molecule has 0 aliphatic heterocycles. The Morgan fingerprint density at radius 3 is 2.85 bits per heavy atom. The number of aryl methyl sites for hydroxylation is 1. The van der Waals surface area contributed by atoms with Crippen LogP contribution in [0.1, 0.15) is 16.1 Å². The molecular formula is C15H12N2O2S. The molecule has 1 aromatic carbocycles. The van der Waals surface area contributed by atoms with Gasteiger partial charge in [-0.2, -0.15) is 0 Å². The highest BCUT2D eigenvalue weighted by Crippen LogP contribution is 2.30. The Kier molecular flexibility index (Phi) is 3.12. The van der Waals surface area contributed by atoms with Gasteiger partial charge in [-0.3, -0.25) is 0 Å². The lowest BCUT2D eigenvalue weighted by atomic mass is 10.1. The van der Waals surface area contributed by atoms with E-state index in [-0.39, 0.29) is 5.69 Å². The van der Waals surface area contributed by atoms with Crippen LogP contribution in [-0.4, -0.2) is 21.0 Å². The average Bonchev–Trinajstić information content (AvgIpc) is 3.08. The molecule has 0 spiro atoms. The molecule has 20 heavy (non-hydrogen) atoms. The van der Waals surface area contributed by atoms with Crippen molar-refractivity contribution in [3.63, 3.8) is 0 Å². The van der Waals surface area contributed by atoms with E-state index in [9.17, 15) is 4.79 Å². The molecule has 0 saturated carbocycles. The maximum absolute atomic E-state index is 10.9. The first-order valence-corrected chi connectivity index (χ1v) is 6.97. The fourth-order valence-corrected chi connectivity index (χ4v) is 2.93. The molecule has 3 rings (SSSR count). The van der Waals surface area contributed by atoms with E-state index in [4.69, 9.17) is 5.11 Å². The number of thiazole rings is 1. The molecule has 0 radical (unpaired) electrons. The molecule has 2 aromatic heterocycles. The third kappa shape index (κ3) is 2.23. The van der Waals surface area contributed by atoms with Gasteiger partial charge in [0.05, 0.1) is 5.69 Å². The van der Waals surface area contributed by atoms with E-state index >= 15 is 0 Å². The number of aromatic nitrogens is 2. The Bertz CT molecular complexity index is 774. The SMILES string of the molecule is Cc1ccccc1-c1nc(-c2c[nH]c(C(=O)O)c2)cs1. The summed E-state index contributed by atoms with van der Waals surface area (Å²) >= 11 is 1.56. The molecule has 0 aliphatic rings. The first-order chi connectivity index (χ1) is 9.65. The highest BCUT2D eigenvalue weighted by molar-refractivity contribution is 7.13. The predicted molar refractivity (Wildman–Crippen MR) is 79.0 cm³/mol. The van der Waals surface area contributed by atoms with Crippen LogP contribution in [0.25, 0.3) is 21.8 Å². The van der Waals surface area contributed by atoms with E-state index in [0.717, 1.165) is 21.8 Å². The minimum absolute atomic E-state index is 0.172. The lowest BCUT2D eigenvalue weighted by Gasteiger charge is -2.00. The molecule has 4 nitrogen and oxygen atoms in total. The van der Waals surface area contributed by atoms with Gasteiger partial charge in [0.15, 0.2) is 0 Å². The summed E-state index contributed by atoms with van der Waals surface area (Å²) < 4.78 is 0. The fourth-order valence-electron chi connectivity index (χ4n) is 2.01. The normalized spacial score (nSPS) is 10.7. The Labute approximate surface area is 119 Å². The molecule has 5 heteroatoms. The summed E-state index contributed by atoms with van der Waals surface area (Å²) in [6, 6.07) is 9.67. The van der Waals surface area contributed by atoms with Gasteiger partial charge in [0.1, 0.15) is 10.7 Å². The van der Waals surface area contributed by atoms with Gasteiger partial charge in [-0.1, -0.05) is 24.3 Å². The number of nitrogens with zero attached hydrogens (tertiary/aromatic N) is 1. The summed E-state index contributed by atoms with van der Waals surface area (Å²) in [5.41, 5.74) is 4.03. The Morgan fingerprint density at radius 1 is 1.35 bits per heavy atom. The third-order valence-electron chi connectivity index (χ3n) is 3.09. The van der Waals surface area contributed by atoms with Crippen LogP contribution in [0.2, 0.25) is 0 Å². The van der Waals surface area contributed by atoms with E-state index < -0.39 is 5.97 Å². The zero-order valence-electron chi connectivity index (χ0n) is 10.8. The number of carboxylic acids is 1. The van der Waals surface area contributed by atoms with Crippen LogP contribution in [0.5, 0.6) is 0 Å². The predicted octanol–water partition coefficient (Wildman–Crippen LogP) is 3.81. The molecule has 2 N–H and O–H groups in total. The molecule has 0 amide bonds. The molecular weight excluding hydrogens is 272 g/mol. The number of H-pyrrole nitrogens is 1. The van der Waals surface area contributed by atoms with Crippen molar-refractivity contribution in [2.45, 2.75) is 6.92 Å². The van der Waals surface area contributed by atoms with Crippen LogP contribution < -0.4 is 0 Å². The zero-order valence-corrected chi connectivity index (χ0v) is 11.6. The van der Waals surface area contributed by atoms with Crippen LogP contribution in [0.15, 0.2) is 41.9 Å². The first kappa shape index (κ1) is 12.6. The molecule has 0 bridgehead atoms. The van der Waals surface area contributed by atoms with Gasteiger partial charge >= 0.3 is 5.97 Å². The maximum Gasteiger partial charge on any atom is 0.352 e. The number of aromatic amines is 1. The second-order valence-corrected chi connectivity index (χ2v) is 5.32. The van der Waals surface area contributed by atoms with E-state index in [1.165, 1.54) is 5.56 Å². The number of rotatable bonds is 3. The second kappa shape index (κ2) is 4.94. The highest BCUT2D eigenvalue weighted by Gasteiger charge is 2.11. The van der Waals surface area contributed by atoms with E-state index in [0.29, 0.717) is 0 Å². The summed E-state index contributed by atoms with van der Waals surface area (Å²) in [5, 5.41) is 11.8. The van der Waals surface area contributed by atoms with Crippen molar-refractivity contribution in [1.29, 1.82) is 0 Å². The number of nitrogens with one attached hydrogen (secondary N) is 1.